The summed E-state index contributed by atoms with van der Waals surface area (Å²) in [6.45, 7) is 2.36. The summed E-state index contributed by atoms with van der Waals surface area (Å²) < 4.78 is 27.7. The first-order chi connectivity index (χ1) is 11.5. The average molecular weight is 343 g/mol. The second kappa shape index (κ2) is 5.32. The lowest BCUT2D eigenvalue weighted by atomic mass is 9.96. The molecule has 1 aliphatic rings. The van der Waals surface area contributed by atoms with E-state index in [1.165, 1.54) is 22.0 Å². The summed E-state index contributed by atoms with van der Waals surface area (Å²) in [7, 11) is -3.64. The molecule has 0 amide bonds. The third-order valence-electron chi connectivity index (χ3n) is 4.63. The van der Waals surface area contributed by atoms with E-state index in [1.54, 1.807) is 6.07 Å². The minimum absolute atomic E-state index is 0.191. The fourth-order valence-corrected chi connectivity index (χ4v) is 5.02. The maximum Gasteiger partial charge on any atom is 0.323 e. The molecule has 1 aliphatic heterocycles. The predicted molar refractivity (Wildman–Crippen MR) is 91.4 cm³/mol. The van der Waals surface area contributed by atoms with Gasteiger partial charge in [-0.05, 0) is 42.7 Å². The topological polar surface area (TPSA) is 86.0 Å². The molecular weight excluding hydrogens is 326 g/mol. The maximum atomic E-state index is 13.1. The molecule has 0 saturated carbocycles. The zero-order chi connectivity index (χ0) is 16.9. The summed E-state index contributed by atoms with van der Waals surface area (Å²) in [6.07, 6.45) is 0.697. The third-order valence-corrected chi connectivity index (χ3v) is 6.60. The number of benzene rings is 2. The van der Waals surface area contributed by atoms with Gasteiger partial charge in [0.05, 0.1) is 15.9 Å². The van der Waals surface area contributed by atoms with Crippen molar-refractivity contribution in [3.63, 3.8) is 0 Å². The van der Waals surface area contributed by atoms with E-state index >= 15 is 0 Å². The van der Waals surface area contributed by atoms with E-state index in [-0.39, 0.29) is 16.6 Å². The molecule has 1 atom stereocenters. The summed E-state index contributed by atoms with van der Waals surface area (Å²) in [5.74, 6) is 0. The van der Waals surface area contributed by atoms with Crippen LogP contribution in [0.15, 0.2) is 52.2 Å². The first-order valence-electron chi connectivity index (χ1n) is 7.78. The van der Waals surface area contributed by atoms with Crippen molar-refractivity contribution in [1.29, 1.82) is 0 Å². The van der Waals surface area contributed by atoms with Gasteiger partial charge in [0.2, 0.25) is 10.0 Å². The molecule has 1 aromatic heterocycles. The lowest BCUT2D eigenvalue weighted by molar-refractivity contribution is 0.326. The molecule has 2 N–H and O–H groups in total. The van der Waals surface area contributed by atoms with Gasteiger partial charge in [-0.1, -0.05) is 24.3 Å². The molecule has 0 aliphatic carbocycles. The van der Waals surface area contributed by atoms with Crippen molar-refractivity contribution in [3.05, 3.63) is 64.1 Å². The number of rotatable bonds is 2. The Morgan fingerprint density at radius 2 is 1.83 bits per heavy atom. The summed E-state index contributed by atoms with van der Waals surface area (Å²) in [4.78, 5) is 16.8. The van der Waals surface area contributed by atoms with Gasteiger partial charge < -0.3 is 9.97 Å². The van der Waals surface area contributed by atoms with Crippen molar-refractivity contribution < 1.29 is 8.42 Å². The molecule has 6 nitrogen and oxygen atoms in total. The van der Waals surface area contributed by atoms with E-state index in [1.807, 2.05) is 31.2 Å². The van der Waals surface area contributed by atoms with Gasteiger partial charge in [0.1, 0.15) is 0 Å². The summed E-state index contributed by atoms with van der Waals surface area (Å²) in [5, 5.41) is 0. The Labute approximate surface area is 139 Å². The second-order valence-corrected chi connectivity index (χ2v) is 7.92. The summed E-state index contributed by atoms with van der Waals surface area (Å²) >= 11 is 0. The van der Waals surface area contributed by atoms with Crippen molar-refractivity contribution in [1.82, 2.24) is 14.3 Å². The molecule has 124 valence electrons. The standard InChI is InChI=1S/C17H17N3O3S/c1-11-14-5-3-2-4-12(14)8-9-20(11)24(22,23)13-6-7-15-16(10-13)19-17(21)18-15/h2-7,10-11H,8-9H2,1H3,(H2,18,19,21). The van der Waals surface area contributed by atoms with E-state index < -0.39 is 10.0 Å². The van der Waals surface area contributed by atoms with Crippen LogP contribution in [0.4, 0.5) is 0 Å². The van der Waals surface area contributed by atoms with Crippen LogP contribution in [0.1, 0.15) is 24.1 Å². The van der Waals surface area contributed by atoms with Crippen LogP contribution in [0.2, 0.25) is 0 Å². The summed E-state index contributed by atoms with van der Waals surface area (Å²) in [6, 6.07) is 12.4. The highest BCUT2D eigenvalue weighted by molar-refractivity contribution is 7.89. The molecule has 7 heteroatoms. The first-order valence-corrected chi connectivity index (χ1v) is 9.22. The monoisotopic (exact) mass is 343 g/mol. The first kappa shape index (κ1) is 15.2. The minimum atomic E-state index is -3.64. The van der Waals surface area contributed by atoms with Gasteiger partial charge in [-0.15, -0.1) is 0 Å². The number of nitrogens with one attached hydrogen (secondary N) is 2. The molecule has 0 spiro atoms. The van der Waals surface area contributed by atoms with Crippen LogP contribution < -0.4 is 5.69 Å². The van der Waals surface area contributed by atoms with E-state index in [9.17, 15) is 13.2 Å². The van der Waals surface area contributed by atoms with Gasteiger partial charge in [-0.25, -0.2) is 13.2 Å². The van der Waals surface area contributed by atoms with Crippen LogP contribution in [-0.2, 0) is 16.4 Å². The van der Waals surface area contributed by atoms with E-state index in [0.717, 1.165) is 5.56 Å². The van der Waals surface area contributed by atoms with Gasteiger partial charge >= 0.3 is 5.69 Å². The number of fused-ring (bicyclic) bond motifs is 2. The minimum Gasteiger partial charge on any atom is -0.306 e. The van der Waals surface area contributed by atoms with E-state index in [0.29, 0.717) is 24.0 Å². The number of imidazole rings is 1. The van der Waals surface area contributed by atoms with Crippen LogP contribution >= 0.6 is 0 Å². The molecule has 0 radical (unpaired) electrons. The normalized spacial score (nSPS) is 18.6. The molecule has 0 fully saturated rings. The number of nitrogens with zero attached hydrogens (tertiary/aromatic N) is 1. The molecular formula is C17H17N3O3S. The van der Waals surface area contributed by atoms with Crippen molar-refractivity contribution in [2.75, 3.05) is 6.54 Å². The lowest BCUT2D eigenvalue weighted by Crippen LogP contribution is -2.38. The van der Waals surface area contributed by atoms with Gasteiger partial charge in [-0.3, -0.25) is 0 Å². The highest BCUT2D eigenvalue weighted by atomic mass is 32.2. The number of aromatic nitrogens is 2. The number of hydrogen-bond acceptors (Lipinski definition) is 3. The van der Waals surface area contributed by atoms with Gasteiger partial charge in [-0.2, -0.15) is 4.31 Å². The Morgan fingerprint density at radius 1 is 1.08 bits per heavy atom. The van der Waals surface area contributed by atoms with Gasteiger partial charge in [0, 0.05) is 12.6 Å². The average Bonchev–Trinajstić information content (AvgIpc) is 2.94. The van der Waals surface area contributed by atoms with Crippen LogP contribution in [0.25, 0.3) is 11.0 Å². The number of H-pyrrole nitrogens is 2. The molecule has 2 aromatic carbocycles. The lowest BCUT2D eigenvalue weighted by Gasteiger charge is -2.34. The SMILES string of the molecule is CC1c2ccccc2CCN1S(=O)(=O)c1ccc2[nH]c(=O)[nH]c2c1. The zero-order valence-corrected chi connectivity index (χ0v) is 13.9. The molecule has 4 rings (SSSR count). The third kappa shape index (κ3) is 2.28. The number of hydrogen-bond donors (Lipinski definition) is 2. The maximum absolute atomic E-state index is 13.1. The largest absolute Gasteiger partial charge is 0.323 e. The van der Waals surface area contributed by atoms with Crippen molar-refractivity contribution in [2.45, 2.75) is 24.3 Å². The van der Waals surface area contributed by atoms with E-state index in [2.05, 4.69) is 9.97 Å². The van der Waals surface area contributed by atoms with Crippen molar-refractivity contribution in [3.8, 4) is 0 Å². The predicted octanol–water partition coefficient (Wildman–Crippen LogP) is 2.16. The molecule has 2 heterocycles. The molecule has 0 saturated heterocycles. The fourth-order valence-electron chi connectivity index (χ4n) is 3.38. The smallest absolute Gasteiger partial charge is 0.306 e. The van der Waals surface area contributed by atoms with Gasteiger partial charge in [0.25, 0.3) is 0 Å². The Balaban J connectivity index is 1.78. The zero-order valence-electron chi connectivity index (χ0n) is 13.1. The van der Waals surface area contributed by atoms with Crippen LogP contribution in [0.5, 0.6) is 0 Å². The van der Waals surface area contributed by atoms with Crippen LogP contribution in [0.3, 0.4) is 0 Å². The van der Waals surface area contributed by atoms with Crippen molar-refractivity contribution in [2.24, 2.45) is 0 Å². The Kier molecular flexibility index (Phi) is 3.36. The quantitative estimate of drug-likeness (QED) is 0.748. The Morgan fingerprint density at radius 3 is 2.67 bits per heavy atom. The summed E-state index contributed by atoms with van der Waals surface area (Å²) in [5.41, 5.74) is 2.98. The van der Waals surface area contributed by atoms with Crippen LogP contribution in [-0.4, -0.2) is 29.2 Å². The van der Waals surface area contributed by atoms with Gasteiger partial charge in [0.15, 0.2) is 0 Å². The van der Waals surface area contributed by atoms with Crippen LogP contribution in [0, 0.1) is 0 Å². The highest BCUT2D eigenvalue weighted by Gasteiger charge is 2.33. The Hall–Kier alpha value is -2.38. The molecule has 3 aromatic rings. The van der Waals surface area contributed by atoms with E-state index in [4.69, 9.17) is 0 Å². The molecule has 1 unspecified atom stereocenters. The molecule has 0 bridgehead atoms. The fraction of sp³-hybridized carbons (Fsp3) is 0.235. The Bertz CT molecular complexity index is 1080. The number of aromatic amines is 2. The highest BCUT2D eigenvalue weighted by Crippen LogP contribution is 2.33. The second-order valence-electron chi connectivity index (χ2n) is 6.03. The number of sulfonamides is 1. The molecule has 24 heavy (non-hydrogen) atoms. The van der Waals surface area contributed by atoms with Crippen molar-refractivity contribution >= 4 is 21.1 Å².